The van der Waals surface area contributed by atoms with Crippen LogP contribution in [-0.4, -0.2) is 55.4 Å². The third kappa shape index (κ3) is 5.81. The lowest BCUT2D eigenvalue weighted by Crippen LogP contribution is -2.24. The highest BCUT2D eigenvalue weighted by Gasteiger charge is 2.12. The molecule has 152 valence electrons. The van der Waals surface area contributed by atoms with Crippen molar-refractivity contribution < 1.29 is 15.0 Å². The van der Waals surface area contributed by atoms with E-state index in [0.29, 0.717) is 11.1 Å². The predicted molar refractivity (Wildman–Crippen MR) is 115 cm³/mol. The summed E-state index contributed by atoms with van der Waals surface area (Å²) in [5.74, 6) is 0.00918. The molecular weight excluding hydrogens is 352 g/mol. The van der Waals surface area contributed by atoms with Gasteiger partial charge in [-0.1, -0.05) is 0 Å². The van der Waals surface area contributed by atoms with Crippen LogP contribution in [0.25, 0.3) is 0 Å². The molecular formula is C23H32N2O3. The van der Waals surface area contributed by atoms with Gasteiger partial charge in [-0.3, -0.25) is 4.79 Å². The number of anilines is 2. The molecule has 0 unspecified atom stereocenters. The highest BCUT2D eigenvalue weighted by atomic mass is 16.3. The summed E-state index contributed by atoms with van der Waals surface area (Å²) in [5.41, 5.74) is 3.46. The van der Waals surface area contributed by atoms with E-state index >= 15 is 0 Å². The fraction of sp³-hybridized carbons (Fsp3) is 0.435. The van der Waals surface area contributed by atoms with Crippen LogP contribution in [0.15, 0.2) is 48.5 Å². The summed E-state index contributed by atoms with van der Waals surface area (Å²) in [4.78, 5) is 17.2. The average molecular weight is 385 g/mol. The summed E-state index contributed by atoms with van der Waals surface area (Å²) in [5, 5.41) is 18.1. The molecule has 0 atom stereocenters. The van der Waals surface area contributed by atoms with E-state index in [1.54, 1.807) is 0 Å². The summed E-state index contributed by atoms with van der Waals surface area (Å²) in [7, 11) is 0. The summed E-state index contributed by atoms with van der Waals surface area (Å²) in [6.07, 6.45) is 1.46. The Hall–Kier alpha value is -2.37. The third-order valence-corrected chi connectivity index (χ3v) is 4.93. The lowest BCUT2D eigenvalue weighted by atomic mass is 10.0. The fourth-order valence-corrected chi connectivity index (χ4v) is 3.28. The molecule has 0 amide bonds. The van der Waals surface area contributed by atoms with Crippen molar-refractivity contribution in [2.24, 2.45) is 0 Å². The number of ketones is 1. The van der Waals surface area contributed by atoms with Crippen molar-refractivity contribution >= 4 is 17.2 Å². The lowest BCUT2D eigenvalue weighted by molar-refractivity contribution is 0.103. The number of rotatable bonds is 12. The molecule has 5 nitrogen and oxygen atoms in total. The van der Waals surface area contributed by atoms with E-state index in [1.807, 2.05) is 48.5 Å². The van der Waals surface area contributed by atoms with E-state index in [-0.39, 0.29) is 19.0 Å². The highest BCUT2D eigenvalue weighted by molar-refractivity contribution is 6.09. The topological polar surface area (TPSA) is 64.0 Å². The molecule has 0 fully saturated rings. The summed E-state index contributed by atoms with van der Waals surface area (Å²) in [6, 6.07) is 15.3. The van der Waals surface area contributed by atoms with Gasteiger partial charge in [0.1, 0.15) is 0 Å². The predicted octanol–water partition coefficient (Wildman–Crippen LogP) is 3.34. The van der Waals surface area contributed by atoms with Crippen LogP contribution in [0.1, 0.15) is 42.6 Å². The lowest BCUT2D eigenvalue weighted by Gasteiger charge is -2.23. The van der Waals surface area contributed by atoms with Crippen molar-refractivity contribution in [1.82, 2.24) is 0 Å². The molecule has 0 radical (unpaired) electrons. The maximum absolute atomic E-state index is 12.8. The van der Waals surface area contributed by atoms with Crippen LogP contribution >= 0.6 is 0 Å². The normalized spacial score (nSPS) is 10.7. The number of carbonyl (C=O) groups excluding carboxylic acids is 1. The quantitative estimate of drug-likeness (QED) is 0.550. The molecule has 28 heavy (non-hydrogen) atoms. The minimum Gasteiger partial charge on any atom is -0.396 e. The number of benzene rings is 2. The number of aliphatic hydroxyl groups is 2. The second kappa shape index (κ2) is 11.5. The number of aliphatic hydroxyl groups excluding tert-OH is 2. The Morgan fingerprint density at radius 3 is 1.36 bits per heavy atom. The minimum atomic E-state index is 0.00918. The van der Waals surface area contributed by atoms with Gasteiger partial charge in [-0.05, 0) is 75.2 Å². The van der Waals surface area contributed by atoms with Gasteiger partial charge in [0.05, 0.1) is 0 Å². The van der Waals surface area contributed by atoms with Crippen LogP contribution in [0.4, 0.5) is 11.4 Å². The first-order chi connectivity index (χ1) is 13.6. The highest BCUT2D eigenvalue weighted by Crippen LogP contribution is 2.20. The van der Waals surface area contributed by atoms with Crippen molar-refractivity contribution in [3.63, 3.8) is 0 Å². The Balaban J connectivity index is 2.08. The van der Waals surface area contributed by atoms with Gasteiger partial charge in [0.2, 0.25) is 0 Å². The van der Waals surface area contributed by atoms with Crippen LogP contribution in [0.5, 0.6) is 0 Å². The van der Waals surface area contributed by atoms with Crippen LogP contribution in [0, 0.1) is 0 Å². The molecule has 0 aliphatic heterocycles. The monoisotopic (exact) mass is 384 g/mol. The van der Waals surface area contributed by atoms with E-state index < -0.39 is 0 Å². The SMILES string of the molecule is CCN(CCCO)c1ccc(C(=O)c2ccc(N(CC)CCCO)cc2)cc1. The molecule has 2 rings (SSSR count). The summed E-state index contributed by atoms with van der Waals surface area (Å²) >= 11 is 0. The zero-order valence-corrected chi connectivity index (χ0v) is 17.0. The summed E-state index contributed by atoms with van der Waals surface area (Å²) < 4.78 is 0. The second-order valence-corrected chi connectivity index (χ2v) is 6.74. The molecule has 0 heterocycles. The van der Waals surface area contributed by atoms with Crippen molar-refractivity contribution in [1.29, 1.82) is 0 Å². The first-order valence-electron chi connectivity index (χ1n) is 10.1. The number of hydrogen-bond acceptors (Lipinski definition) is 5. The Bertz CT molecular complexity index is 652. The van der Waals surface area contributed by atoms with Crippen molar-refractivity contribution in [2.45, 2.75) is 26.7 Å². The first kappa shape index (κ1) is 21.9. The van der Waals surface area contributed by atoms with Crippen LogP contribution in [0.3, 0.4) is 0 Å². The third-order valence-electron chi connectivity index (χ3n) is 4.93. The maximum Gasteiger partial charge on any atom is 0.193 e. The molecule has 0 aliphatic rings. The van der Waals surface area contributed by atoms with E-state index in [1.165, 1.54) is 0 Å². The maximum atomic E-state index is 12.8. The van der Waals surface area contributed by atoms with E-state index in [9.17, 15) is 4.79 Å². The standard InChI is InChI=1S/C23H32N2O3/c1-3-24(15-5-17-26)21-11-7-19(8-12-21)23(28)20-9-13-22(14-10-20)25(4-2)16-6-18-27/h7-14,26-27H,3-6,15-18H2,1-2H3. The van der Waals surface area contributed by atoms with Gasteiger partial charge in [-0.25, -0.2) is 0 Å². The van der Waals surface area contributed by atoms with Gasteiger partial charge in [0, 0.05) is 61.9 Å². The minimum absolute atomic E-state index is 0.00918. The van der Waals surface area contributed by atoms with Crippen molar-refractivity contribution in [3.8, 4) is 0 Å². The summed E-state index contributed by atoms with van der Waals surface area (Å²) in [6.45, 7) is 7.84. The molecule has 0 bridgehead atoms. The van der Waals surface area contributed by atoms with Crippen LogP contribution in [0.2, 0.25) is 0 Å². The van der Waals surface area contributed by atoms with Gasteiger partial charge in [-0.15, -0.1) is 0 Å². The molecule has 0 aliphatic carbocycles. The molecule has 2 N–H and O–H groups in total. The fourth-order valence-electron chi connectivity index (χ4n) is 3.28. The van der Waals surface area contributed by atoms with Gasteiger partial charge in [0.15, 0.2) is 5.78 Å². The second-order valence-electron chi connectivity index (χ2n) is 6.74. The molecule has 0 spiro atoms. The van der Waals surface area contributed by atoms with E-state index in [4.69, 9.17) is 10.2 Å². The number of carbonyl (C=O) groups is 1. The van der Waals surface area contributed by atoms with Crippen molar-refractivity contribution in [3.05, 3.63) is 59.7 Å². The van der Waals surface area contributed by atoms with Crippen LogP contribution < -0.4 is 9.80 Å². The Labute approximate surface area is 168 Å². The molecule has 5 heteroatoms. The molecule has 0 aromatic heterocycles. The zero-order chi connectivity index (χ0) is 20.4. The average Bonchev–Trinajstić information content (AvgIpc) is 2.75. The van der Waals surface area contributed by atoms with E-state index in [2.05, 4.69) is 23.6 Å². The zero-order valence-electron chi connectivity index (χ0n) is 17.0. The van der Waals surface area contributed by atoms with Gasteiger partial charge < -0.3 is 20.0 Å². The Morgan fingerprint density at radius 2 is 1.07 bits per heavy atom. The van der Waals surface area contributed by atoms with Crippen LogP contribution in [-0.2, 0) is 0 Å². The number of hydrogen-bond donors (Lipinski definition) is 2. The van der Waals surface area contributed by atoms with Gasteiger partial charge in [-0.2, -0.15) is 0 Å². The number of nitrogens with zero attached hydrogens (tertiary/aromatic N) is 2. The van der Waals surface area contributed by atoms with Gasteiger partial charge in [0.25, 0.3) is 0 Å². The Kier molecular flexibility index (Phi) is 8.98. The smallest absolute Gasteiger partial charge is 0.193 e. The molecule has 2 aromatic carbocycles. The molecule has 2 aromatic rings. The largest absolute Gasteiger partial charge is 0.396 e. The molecule has 0 saturated carbocycles. The molecule has 0 saturated heterocycles. The van der Waals surface area contributed by atoms with Crippen molar-refractivity contribution in [2.75, 3.05) is 49.2 Å². The van der Waals surface area contributed by atoms with E-state index in [0.717, 1.165) is 50.4 Å². The Morgan fingerprint density at radius 1 is 0.714 bits per heavy atom. The first-order valence-corrected chi connectivity index (χ1v) is 10.1. The van der Waals surface area contributed by atoms with Gasteiger partial charge >= 0.3 is 0 Å².